The molecule has 0 saturated carbocycles. The van der Waals surface area contributed by atoms with E-state index in [1.54, 1.807) is 0 Å². The highest BCUT2D eigenvalue weighted by Crippen LogP contribution is 2.46. The largest absolute Gasteiger partial charge is 0.505 e. The highest BCUT2D eigenvalue weighted by atomic mass is 35.5. The molecule has 0 saturated heterocycles. The van der Waals surface area contributed by atoms with Crippen molar-refractivity contribution in [2.45, 2.75) is 119 Å². The van der Waals surface area contributed by atoms with Gasteiger partial charge in [-0.25, -0.2) is 0 Å². The summed E-state index contributed by atoms with van der Waals surface area (Å²) in [6, 6.07) is 24.3. The molecular formula is C43H54ClNO. The lowest BCUT2D eigenvalue weighted by Crippen LogP contribution is -2.25. The molecule has 1 aromatic heterocycles. The van der Waals surface area contributed by atoms with Gasteiger partial charge >= 0.3 is 0 Å². The van der Waals surface area contributed by atoms with Gasteiger partial charge < -0.3 is 9.67 Å². The van der Waals surface area contributed by atoms with Crippen molar-refractivity contribution < 1.29 is 5.11 Å². The molecule has 244 valence electrons. The predicted molar refractivity (Wildman–Crippen MR) is 201 cm³/mol. The molecule has 1 N–H and O–H groups in total. The summed E-state index contributed by atoms with van der Waals surface area (Å²) in [7, 11) is 0. The maximum atomic E-state index is 12.4. The molecule has 1 heterocycles. The van der Waals surface area contributed by atoms with E-state index in [-0.39, 0.29) is 27.4 Å². The van der Waals surface area contributed by atoms with Gasteiger partial charge in [-0.2, -0.15) is 0 Å². The average Bonchev–Trinajstić information content (AvgIpc) is 3.23. The smallest absolute Gasteiger partial charge is 0.147 e. The summed E-state index contributed by atoms with van der Waals surface area (Å²) >= 11 is 6.72. The lowest BCUT2D eigenvalue weighted by molar-refractivity contribution is 0.284. The lowest BCUT2D eigenvalue weighted by atomic mass is 9.71. The van der Waals surface area contributed by atoms with Gasteiger partial charge in [0.25, 0.3) is 0 Å². The van der Waals surface area contributed by atoms with Gasteiger partial charge in [-0.05, 0) is 110 Å². The summed E-state index contributed by atoms with van der Waals surface area (Å²) < 4.78 is 2.28. The molecule has 5 aromatic rings. The Morgan fingerprint density at radius 2 is 1.17 bits per heavy atom. The zero-order chi connectivity index (χ0) is 34.1. The van der Waals surface area contributed by atoms with Gasteiger partial charge in [-0.3, -0.25) is 0 Å². The van der Waals surface area contributed by atoms with Crippen LogP contribution in [0.25, 0.3) is 38.6 Å². The second kappa shape index (κ2) is 11.5. The van der Waals surface area contributed by atoms with E-state index in [4.69, 9.17) is 11.6 Å². The predicted octanol–water partition coefficient (Wildman–Crippen LogP) is 13.2. The first-order valence-electron chi connectivity index (χ1n) is 16.8. The summed E-state index contributed by atoms with van der Waals surface area (Å²) in [5.41, 5.74) is 9.69. The fourth-order valence-corrected chi connectivity index (χ4v) is 7.39. The molecule has 0 aliphatic carbocycles. The molecule has 0 radical (unpaired) electrons. The maximum Gasteiger partial charge on any atom is 0.147 e. The molecule has 0 fully saturated rings. The summed E-state index contributed by atoms with van der Waals surface area (Å²) in [5.74, 6) is 0.580. The maximum absolute atomic E-state index is 12.4. The van der Waals surface area contributed by atoms with Crippen molar-refractivity contribution >= 4 is 33.4 Å². The minimum absolute atomic E-state index is 0.0111. The van der Waals surface area contributed by atoms with Crippen LogP contribution >= 0.6 is 11.6 Å². The number of aromatic nitrogens is 1. The van der Waals surface area contributed by atoms with Crippen molar-refractivity contribution in [3.63, 3.8) is 0 Å². The number of rotatable bonds is 5. The Morgan fingerprint density at radius 1 is 0.652 bits per heavy atom. The molecule has 0 aliphatic heterocycles. The molecule has 2 nitrogen and oxygen atoms in total. The molecule has 0 aliphatic rings. The second-order valence-corrected chi connectivity index (χ2v) is 18.2. The number of halogens is 1. The van der Waals surface area contributed by atoms with E-state index < -0.39 is 0 Å². The van der Waals surface area contributed by atoms with E-state index in [1.807, 2.05) is 12.1 Å². The van der Waals surface area contributed by atoms with Gasteiger partial charge in [0.1, 0.15) is 5.75 Å². The van der Waals surface area contributed by atoms with Crippen LogP contribution in [0.4, 0.5) is 0 Å². The number of aromatic hydroxyl groups is 1. The molecule has 4 aromatic carbocycles. The number of nitrogens with zero attached hydrogens (tertiary/aromatic N) is 1. The summed E-state index contributed by atoms with van der Waals surface area (Å²) in [6.45, 7) is 29.5. The SMILES string of the molecule is CC(C)c1cc(Cl)cc(-c2cc(C(C)(C)CC(C)(C)C)cc(-n3c4ccc(C(C)(C)C)cc4c4cc(C(C)(C)C)ccc43)c2O)c1. The van der Waals surface area contributed by atoms with E-state index in [0.29, 0.717) is 10.9 Å². The van der Waals surface area contributed by atoms with Crippen molar-refractivity contribution in [2.24, 2.45) is 5.41 Å². The van der Waals surface area contributed by atoms with Crippen molar-refractivity contribution in [1.29, 1.82) is 0 Å². The van der Waals surface area contributed by atoms with Gasteiger partial charge in [0.15, 0.2) is 0 Å². The molecule has 0 spiro atoms. The van der Waals surface area contributed by atoms with Gasteiger partial charge in [0, 0.05) is 21.4 Å². The van der Waals surface area contributed by atoms with Crippen LogP contribution in [0.3, 0.4) is 0 Å². The van der Waals surface area contributed by atoms with Crippen LogP contribution in [0.1, 0.15) is 125 Å². The van der Waals surface area contributed by atoms with Crippen molar-refractivity contribution in [3.8, 4) is 22.6 Å². The van der Waals surface area contributed by atoms with Gasteiger partial charge in [-0.1, -0.05) is 120 Å². The zero-order valence-corrected chi connectivity index (χ0v) is 31.2. The lowest BCUT2D eigenvalue weighted by Gasteiger charge is -2.34. The van der Waals surface area contributed by atoms with E-state index in [0.717, 1.165) is 39.8 Å². The number of phenolic OH excluding ortho intramolecular Hbond substituents is 1. The van der Waals surface area contributed by atoms with Crippen molar-refractivity contribution in [3.05, 3.63) is 94.0 Å². The van der Waals surface area contributed by atoms with E-state index >= 15 is 0 Å². The molecule has 0 amide bonds. The zero-order valence-electron chi connectivity index (χ0n) is 30.4. The van der Waals surface area contributed by atoms with Crippen LogP contribution in [-0.4, -0.2) is 9.67 Å². The molecule has 3 heteroatoms. The minimum Gasteiger partial charge on any atom is -0.505 e. The Balaban J connectivity index is 1.93. The third-order valence-corrected chi connectivity index (χ3v) is 9.70. The fraction of sp³-hybridized carbons (Fsp3) is 0.442. The third kappa shape index (κ3) is 6.61. The summed E-state index contributed by atoms with van der Waals surface area (Å²) in [4.78, 5) is 0. The van der Waals surface area contributed by atoms with E-state index in [2.05, 4.69) is 149 Å². The van der Waals surface area contributed by atoms with Crippen molar-refractivity contribution in [1.82, 2.24) is 4.57 Å². The molecule has 5 rings (SSSR count). The van der Waals surface area contributed by atoms with Gasteiger partial charge in [0.2, 0.25) is 0 Å². The van der Waals surface area contributed by atoms with Crippen LogP contribution in [0, 0.1) is 5.41 Å². The third-order valence-electron chi connectivity index (χ3n) is 9.48. The van der Waals surface area contributed by atoms with Crippen LogP contribution in [0.2, 0.25) is 5.02 Å². The summed E-state index contributed by atoms with van der Waals surface area (Å²) in [5, 5.41) is 15.5. The number of hydrogen-bond acceptors (Lipinski definition) is 1. The fourth-order valence-electron chi connectivity index (χ4n) is 7.15. The second-order valence-electron chi connectivity index (χ2n) is 17.7. The molecule has 0 atom stereocenters. The van der Waals surface area contributed by atoms with Crippen LogP contribution in [-0.2, 0) is 16.2 Å². The Bertz CT molecular complexity index is 1860. The first-order valence-corrected chi connectivity index (χ1v) is 17.2. The number of hydrogen-bond donors (Lipinski definition) is 1. The topological polar surface area (TPSA) is 25.2 Å². The number of phenols is 1. The van der Waals surface area contributed by atoms with E-state index in [1.165, 1.54) is 27.5 Å². The Kier molecular flexibility index (Phi) is 8.51. The Morgan fingerprint density at radius 3 is 1.63 bits per heavy atom. The quantitative estimate of drug-likeness (QED) is 0.204. The van der Waals surface area contributed by atoms with E-state index in [9.17, 15) is 5.11 Å². The van der Waals surface area contributed by atoms with Crippen LogP contribution < -0.4 is 0 Å². The summed E-state index contributed by atoms with van der Waals surface area (Å²) in [6.07, 6.45) is 0.994. The molecule has 46 heavy (non-hydrogen) atoms. The monoisotopic (exact) mass is 635 g/mol. The number of fused-ring (bicyclic) bond motifs is 3. The van der Waals surface area contributed by atoms with Crippen molar-refractivity contribution in [2.75, 3.05) is 0 Å². The highest BCUT2D eigenvalue weighted by Gasteiger charge is 2.30. The minimum atomic E-state index is -0.146. The standard InChI is InChI=1S/C43H54ClNO/c1-26(2)27-18-28(20-32(44)19-27)33-23-31(43(12,13)25-40(3,4)5)24-38(39(33)46)45-36-16-14-29(41(6,7)8)21-34(36)35-22-30(42(9,10)11)15-17-37(35)45/h14-24,26,46H,25H2,1-13H3. The van der Waals surface area contributed by atoms with Crippen LogP contribution in [0.15, 0.2) is 66.7 Å². The van der Waals surface area contributed by atoms with Gasteiger partial charge in [-0.15, -0.1) is 0 Å². The first kappa shape index (κ1) is 34.1. The average molecular weight is 636 g/mol. The highest BCUT2D eigenvalue weighted by molar-refractivity contribution is 6.31. The molecular weight excluding hydrogens is 582 g/mol. The Hall–Kier alpha value is -3.23. The molecule has 0 unspecified atom stereocenters. The Labute approximate surface area is 282 Å². The molecule has 0 bridgehead atoms. The first-order chi connectivity index (χ1) is 21.1. The normalized spacial score (nSPS) is 13.4. The number of benzene rings is 4. The van der Waals surface area contributed by atoms with Crippen LogP contribution in [0.5, 0.6) is 5.75 Å². The van der Waals surface area contributed by atoms with Gasteiger partial charge in [0.05, 0.1) is 16.7 Å².